The van der Waals surface area contributed by atoms with Gasteiger partial charge < -0.3 is 4.74 Å². The first kappa shape index (κ1) is 18.1. The molecule has 2 aromatic rings. The van der Waals surface area contributed by atoms with Gasteiger partial charge in [0.25, 0.3) is 11.8 Å². The molecule has 0 aliphatic carbocycles. The first-order valence-electron chi connectivity index (χ1n) is 7.16. The number of hydrazine groups is 1. The van der Waals surface area contributed by atoms with Gasteiger partial charge in [0.2, 0.25) is 0 Å². The first-order chi connectivity index (χ1) is 11.4. The molecule has 24 heavy (non-hydrogen) atoms. The number of para-hydroxylation sites is 1. The first-order valence-corrected chi connectivity index (χ1v) is 7.91. The molecule has 0 heterocycles. The minimum Gasteiger partial charge on any atom is -0.481 e. The van der Waals surface area contributed by atoms with Crippen molar-refractivity contribution in [1.82, 2.24) is 10.9 Å². The number of hydrogen-bond acceptors (Lipinski definition) is 3. The third-order valence-electron chi connectivity index (χ3n) is 3.24. The fraction of sp³-hybridized carbons (Fsp3) is 0.176. The lowest BCUT2D eigenvalue weighted by Crippen LogP contribution is -2.47. The van der Waals surface area contributed by atoms with Crippen LogP contribution in [0.25, 0.3) is 0 Å². The number of benzene rings is 2. The maximum atomic E-state index is 12.0. The Morgan fingerprint density at radius 2 is 1.79 bits per heavy atom. The number of amides is 2. The number of ether oxygens (including phenoxy) is 1. The molecule has 2 rings (SSSR count). The second-order valence-corrected chi connectivity index (χ2v) is 5.94. The summed E-state index contributed by atoms with van der Waals surface area (Å²) in [6.07, 6.45) is -0.785. The van der Waals surface area contributed by atoms with Gasteiger partial charge in [0.1, 0.15) is 5.75 Å². The van der Waals surface area contributed by atoms with Crippen molar-refractivity contribution in [1.29, 1.82) is 0 Å². The standard InChI is InChI=1S/C17H16Cl2N2O3/c1-10-5-3-4-6-15(10)24-11(2)16(22)20-21-17(23)13-8-7-12(18)9-14(13)19/h3-9,11H,1-2H3,(H,20,22)(H,21,23). The predicted octanol–water partition coefficient (Wildman–Crippen LogP) is 3.53. The van der Waals surface area contributed by atoms with Gasteiger partial charge >= 0.3 is 0 Å². The summed E-state index contributed by atoms with van der Waals surface area (Å²) in [5.74, 6) is -0.433. The number of rotatable bonds is 4. The van der Waals surface area contributed by atoms with Gasteiger partial charge in [0.05, 0.1) is 10.6 Å². The van der Waals surface area contributed by atoms with Crippen molar-refractivity contribution in [3.63, 3.8) is 0 Å². The zero-order valence-corrected chi connectivity index (χ0v) is 14.6. The monoisotopic (exact) mass is 366 g/mol. The van der Waals surface area contributed by atoms with Crippen molar-refractivity contribution in [2.45, 2.75) is 20.0 Å². The predicted molar refractivity (Wildman–Crippen MR) is 93.3 cm³/mol. The molecule has 0 aliphatic rings. The zero-order valence-electron chi connectivity index (χ0n) is 13.1. The largest absolute Gasteiger partial charge is 0.481 e. The van der Waals surface area contributed by atoms with Gasteiger partial charge in [-0.25, -0.2) is 0 Å². The van der Waals surface area contributed by atoms with E-state index in [0.29, 0.717) is 10.8 Å². The highest BCUT2D eigenvalue weighted by Gasteiger charge is 2.17. The third kappa shape index (κ3) is 4.63. The smallest absolute Gasteiger partial charge is 0.279 e. The normalized spacial score (nSPS) is 11.5. The van der Waals surface area contributed by atoms with E-state index in [2.05, 4.69) is 10.9 Å². The van der Waals surface area contributed by atoms with Crippen LogP contribution in [0.2, 0.25) is 10.0 Å². The molecule has 0 aromatic heterocycles. The van der Waals surface area contributed by atoms with E-state index in [9.17, 15) is 9.59 Å². The molecule has 0 aliphatic heterocycles. The summed E-state index contributed by atoms with van der Waals surface area (Å²) in [5.41, 5.74) is 5.72. The molecule has 0 fully saturated rings. The third-order valence-corrected chi connectivity index (χ3v) is 3.79. The van der Waals surface area contributed by atoms with E-state index in [1.165, 1.54) is 18.2 Å². The van der Waals surface area contributed by atoms with Gasteiger partial charge in [-0.3, -0.25) is 20.4 Å². The molecule has 126 valence electrons. The van der Waals surface area contributed by atoms with Gasteiger partial charge in [-0.15, -0.1) is 0 Å². The molecule has 2 amide bonds. The molecule has 1 unspecified atom stereocenters. The molecule has 7 heteroatoms. The molecule has 0 saturated carbocycles. The number of halogens is 2. The summed E-state index contributed by atoms with van der Waals surface area (Å²) in [7, 11) is 0. The van der Waals surface area contributed by atoms with Crippen molar-refractivity contribution in [2.24, 2.45) is 0 Å². The molecule has 0 saturated heterocycles. The van der Waals surface area contributed by atoms with Crippen molar-refractivity contribution >= 4 is 35.0 Å². The molecular formula is C17H16Cl2N2O3. The molecule has 2 N–H and O–H groups in total. The van der Waals surface area contributed by atoms with Gasteiger partial charge in [-0.05, 0) is 43.7 Å². The summed E-state index contributed by atoms with van der Waals surface area (Å²) in [6, 6.07) is 11.8. The van der Waals surface area contributed by atoms with E-state index >= 15 is 0 Å². The minimum absolute atomic E-state index is 0.193. The minimum atomic E-state index is -0.785. The maximum Gasteiger partial charge on any atom is 0.279 e. The average molecular weight is 367 g/mol. The Hall–Kier alpha value is -2.24. The second-order valence-electron chi connectivity index (χ2n) is 5.09. The van der Waals surface area contributed by atoms with Crippen LogP contribution in [0.5, 0.6) is 5.75 Å². The van der Waals surface area contributed by atoms with Gasteiger partial charge in [-0.1, -0.05) is 41.4 Å². The summed E-state index contributed by atoms with van der Waals surface area (Å²) < 4.78 is 5.58. The highest BCUT2D eigenvalue weighted by molar-refractivity contribution is 6.36. The Morgan fingerprint density at radius 1 is 1.08 bits per heavy atom. The van der Waals surface area contributed by atoms with E-state index in [4.69, 9.17) is 27.9 Å². The highest BCUT2D eigenvalue weighted by atomic mass is 35.5. The lowest BCUT2D eigenvalue weighted by molar-refractivity contribution is -0.128. The molecule has 0 bridgehead atoms. The molecule has 1 atom stereocenters. The van der Waals surface area contributed by atoms with Crippen LogP contribution in [0.1, 0.15) is 22.8 Å². The molecule has 0 radical (unpaired) electrons. The van der Waals surface area contributed by atoms with Crippen LogP contribution in [0, 0.1) is 6.92 Å². The Kier molecular flexibility index (Phi) is 6.06. The molecule has 5 nitrogen and oxygen atoms in total. The van der Waals surface area contributed by atoms with Gasteiger partial charge in [-0.2, -0.15) is 0 Å². The Labute approximate surface area is 149 Å². The van der Waals surface area contributed by atoms with Crippen LogP contribution in [0.4, 0.5) is 0 Å². The molecule has 0 spiro atoms. The van der Waals surface area contributed by atoms with E-state index in [1.807, 2.05) is 25.1 Å². The van der Waals surface area contributed by atoms with Crippen LogP contribution in [-0.2, 0) is 4.79 Å². The van der Waals surface area contributed by atoms with E-state index in [-0.39, 0.29) is 10.6 Å². The van der Waals surface area contributed by atoms with Crippen LogP contribution >= 0.6 is 23.2 Å². The molecular weight excluding hydrogens is 351 g/mol. The summed E-state index contributed by atoms with van der Waals surface area (Å²) >= 11 is 11.7. The van der Waals surface area contributed by atoms with Crippen molar-refractivity contribution in [2.75, 3.05) is 0 Å². The average Bonchev–Trinajstić information content (AvgIpc) is 2.54. The van der Waals surface area contributed by atoms with E-state index < -0.39 is 17.9 Å². The summed E-state index contributed by atoms with van der Waals surface area (Å²) in [4.78, 5) is 24.1. The number of hydrogen-bond donors (Lipinski definition) is 2. The van der Waals surface area contributed by atoms with E-state index in [1.54, 1.807) is 13.0 Å². The van der Waals surface area contributed by atoms with Gasteiger partial charge in [0.15, 0.2) is 6.10 Å². The van der Waals surface area contributed by atoms with Crippen molar-refractivity contribution in [3.8, 4) is 5.75 Å². The highest BCUT2D eigenvalue weighted by Crippen LogP contribution is 2.20. The lowest BCUT2D eigenvalue weighted by atomic mass is 10.2. The number of aryl methyl sites for hydroxylation is 1. The number of carbonyl (C=O) groups excluding carboxylic acids is 2. The Bertz CT molecular complexity index is 765. The quantitative estimate of drug-likeness (QED) is 0.813. The fourth-order valence-corrected chi connectivity index (χ4v) is 2.39. The van der Waals surface area contributed by atoms with E-state index in [0.717, 1.165) is 5.56 Å². The summed E-state index contributed by atoms with van der Waals surface area (Å²) in [6.45, 7) is 3.47. The van der Waals surface area contributed by atoms with Crippen LogP contribution in [0.3, 0.4) is 0 Å². The Balaban J connectivity index is 1.92. The van der Waals surface area contributed by atoms with Crippen LogP contribution in [-0.4, -0.2) is 17.9 Å². The summed E-state index contributed by atoms with van der Waals surface area (Å²) in [5, 5.41) is 0.610. The van der Waals surface area contributed by atoms with Crippen molar-refractivity contribution < 1.29 is 14.3 Å². The SMILES string of the molecule is Cc1ccccc1OC(C)C(=O)NNC(=O)c1ccc(Cl)cc1Cl. The maximum absolute atomic E-state index is 12.0. The zero-order chi connectivity index (χ0) is 17.7. The Morgan fingerprint density at radius 3 is 2.46 bits per heavy atom. The van der Waals surface area contributed by atoms with Crippen LogP contribution in [0.15, 0.2) is 42.5 Å². The molecule has 2 aromatic carbocycles. The number of nitrogens with one attached hydrogen (secondary N) is 2. The fourth-order valence-electron chi connectivity index (χ4n) is 1.89. The lowest BCUT2D eigenvalue weighted by Gasteiger charge is -2.16. The second kappa shape index (κ2) is 8.04. The topological polar surface area (TPSA) is 67.4 Å². The van der Waals surface area contributed by atoms with Crippen molar-refractivity contribution in [3.05, 3.63) is 63.6 Å². The van der Waals surface area contributed by atoms with Crippen LogP contribution < -0.4 is 15.6 Å². The number of carbonyl (C=O) groups is 2. The van der Waals surface area contributed by atoms with Gasteiger partial charge in [0, 0.05) is 5.02 Å².